The summed E-state index contributed by atoms with van der Waals surface area (Å²) < 4.78 is 1.72. The van der Waals surface area contributed by atoms with Crippen molar-refractivity contribution in [2.45, 2.75) is 6.54 Å². The van der Waals surface area contributed by atoms with Crippen molar-refractivity contribution in [3.05, 3.63) is 54.0 Å². The van der Waals surface area contributed by atoms with Crippen molar-refractivity contribution in [2.75, 3.05) is 0 Å². The molecule has 0 aliphatic carbocycles. The van der Waals surface area contributed by atoms with Crippen LogP contribution < -0.4 is 5.32 Å². The van der Waals surface area contributed by atoms with Crippen LogP contribution >= 0.6 is 0 Å². The van der Waals surface area contributed by atoms with Crippen LogP contribution in [-0.2, 0) is 13.6 Å². The molecule has 0 bridgehead atoms. The third-order valence-electron chi connectivity index (χ3n) is 3.03. The second-order valence-corrected chi connectivity index (χ2v) is 4.41. The molecule has 19 heavy (non-hydrogen) atoms. The van der Waals surface area contributed by atoms with Crippen LogP contribution in [0.5, 0.6) is 0 Å². The maximum absolute atomic E-state index is 12.1. The van der Waals surface area contributed by atoms with E-state index in [0.29, 0.717) is 12.1 Å². The van der Waals surface area contributed by atoms with E-state index in [1.807, 2.05) is 43.6 Å². The molecular weight excluding hydrogens is 240 g/mol. The molecule has 2 N–H and O–H groups in total. The average Bonchev–Trinajstić information content (AvgIpc) is 3.02. The van der Waals surface area contributed by atoms with E-state index >= 15 is 0 Å². The third-order valence-corrected chi connectivity index (χ3v) is 3.03. The van der Waals surface area contributed by atoms with Gasteiger partial charge in [-0.3, -0.25) is 9.48 Å². The van der Waals surface area contributed by atoms with Gasteiger partial charge in [-0.25, -0.2) is 0 Å². The Morgan fingerprint density at radius 3 is 3.00 bits per heavy atom. The molecule has 0 saturated carbocycles. The zero-order chi connectivity index (χ0) is 13.2. The number of carbonyl (C=O) groups excluding carboxylic acids is 1. The Labute approximate surface area is 110 Å². The first-order valence-corrected chi connectivity index (χ1v) is 6.07. The fraction of sp³-hybridized carbons (Fsp3) is 0.143. The number of rotatable bonds is 3. The van der Waals surface area contributed by atoms with Crippen LogP contribution in [0.4, 0.5) is 0 Å². The number of aryl methyl sites for hydroxylation is 1. The fourth-order valence-electron chi connectivity index (χ4n) is 2.08. The van der Waals surface area contributed by atoms with Crippen LogP contribution in [0, 0.1) is 0 Å². The minimum Gasteiger partial charge on any atom is -0.360 e. The monoisotopic (exact) mass is 254 g/mol. The molecule has 2 heterocycles. The van der Waals surface area contributed by atoms with E-state index in [1.165, 1.54) is 0 Å². The van der Waals surface area contributed by atoms with Crippen LogP contribution in [0.3, 0.4) is 0 Å². The van der Waals surface area contributed by atoms with Gasteiger partial charge in [0.1, 0.15) is 0 Å². The van der Waals surface area contributed by atoms with Gasteiger partial charge >= 0.3 is 0 Å². The quantitative estimate of drug-likeness (QED) is 0.749. The minimum absolute atomic E-state index is 0.0943. The molecule has 0 saturated heterocycles. The van der Waals surface area contributed by atoms with Crippen molar-refractivity contribution in [2.24, 2.45) is 7.05 Å². The van der Waals surface area contributed by atoms with Gasteiger partial charge in [-0.05, 0) is 12.1 Å². The van der Waals surface area contributed by atoms with E-state index in [-0.39, 0.29) is 5.91 Å². The first-order chi connectivity index (χ1) is 9.24. The number of hydrogen-bond donors (Lipinski definition) is 2. The summed E-state index contributed by atoms with van der Waals surface area (Å²) in [4.78, 5) is 15.2. The third kappa shape index (κ3) is 2.22. The Bertz CT molecular complexity index is 726. The SMILES string of the molecule is Cn1ccc(CNC(=O)c2c[nH]c3ccccc23)n1. The lowest BCUT2D eigenvalue weighted by molar-refractivity contribution is 0.0952. The number of para-hydroxylation sites is 1. The van der Waals surface area contributed by atoms with Crippen molar-refractivity contribution in [1.29, 1.82) is 0 Å². The Kier molecular flexibility index (Phi) is 2.79. The lowest BCUT2D eigenvalue weighted by Gasteiger charge is -2.01. The summed E-state index contributed by atoms with van der Waals surface area (Å²) >= 11 is 0. The number of hydrogen-bond acceptors (Lipinski definition) is 2. The summed E-state index contributed by atoms with van der Waals surface area (Å²) in [7, 11) is 1.85. The highest BCUT2D eigenvalue weighted by Crippen LogP contribution is 2.17. The molecule has 96 valence electrons. The number of carbonyl (C=O) groups is 1. The Hall–Kier alpha value is -2.56. The standard InChI is InChI=1S/C14H14N4O/c1-18-7-6-10(17-18)8-16-14(19)12-9-15-13-5-3-2-4-11(12)13/h2-7,9,15H,8H2,1H3,(H,16,19). The topological polar surface area (TPSA) is 62.7 Å². The second kappa shape index (κ2) is 4.61. The predicted octanol–water partition coefficient (Wildman–Crippen LogP) is 1.83. The number of H-pyrrole nitrogens is 1. The summed E-state index contributed by atoms with van der Waals surface area (Å²) in [5.74, 6) is -0.0943. The average molecular weight is 254 g/mol. The molecule has 2 aromatic heterocycles. The molecule has 0 aliphatic rings. The Morgan fingerprint density at radius 2 is 2.21 bits per heavy atom. The minimum atomic E-state index is -0.0943. The van der Waals surface area contributed by atoms with E-state index in [1.54, 1.807) is 10.9 Å². The van der Waals surface area contributed by atoms with Crippen molar-refractivity contribution in [3.63, 3.8) is 0 Å². The lowest BCUT2D eigenvalue weighted by atomic mass is 10.1. The molecule has 5 nitrogen and oxygen atoms in total. The highest BCUT2D eigenvalue weighted by Gasteiger charge is 2.11. The van der Waals surface area contributed by atoms with Gasteiger partial charge in [0, 0.05) is 30.3 Å². The van der Waals surface area contributed by atoms with Gasteiger partial charge in [-0.1, -0.05) is 18.2 Å². The molecule has 5 heteroatoms. The summed E-state index contributed by atoms with van der Waals surface area (Å²) in [5.41, 5.74) is 2.47. The van der Waals surface area contributed by atoms with E-state index < -0.39 is 0 Å². The van der Waals surface area contributed by atoms with Crippen molar-refractivity contribution in [3.8, 4) is 0 Å². The summed E-state index contributed by atoms with van der Waals surface area (Å²) in [6.07, 6.45) is 3.59. The molecule has 0 unspecified atom stereocenters. The maximum atomic E-state index is 12.1. The van der Waals surface area contributed by atoms with Crippen LogP contribution in [0.1, 0.15) is 16.1 Å². The lowest BCUT2D eigenvalue weighted by Crippen LogP contribution is -2.22. The zero-order valence-corrected chi connectivity index (χ0v) is 10.6. The molecule has 0 radical (unpaired) electrons. The highest BCUT2D eigenvalue weighted by atomic mass is 16.1. The number of fused-ring (bicyclic) bond motifs is 1. The Morgan fingerprint density at radius 1 is 1.37 bits per heavy atom. The first kappa shape index (κ1) is 11.5. The number of amides is 1. The van der Waals surface area contributed by atoms with Crippen molar-refractivity contribution < 1.29 is 4.79 Å². The van der Waals surface area contributed by atoms with E-state index in [2.05, 4.69) is 15.4 Å². The molecule has 1 amide bonds. The van der Waals surface area contributed by atoms with Crippen molar-refractivity contribution >= 4 is 16.8 Å². The fourth-order valence-corrected chi connectivity index (χ4v) is 2.08. The molecule has 0 fully saturated rings. The molecule has 1 aromatic carbocycles. The van der Waals surface area contributed by atoms with Crippen LogP contribution in [0.15, 0.2) is 42.7 Å². The normalized spacial score (nSPS) is 10.8. The predicted molar refractivity (Wildman–Crippen MR) is 72.7 cm³/mol. The van der Waals surface area contributed by atoms with Gasteiger partial charge in [0.25, 0.3) is 5.91 Å². The smallest absolute Gasteiger partial charge is 0.253 e. The maximum Gasteiger partial charge on any atom is 0.253 e. The first-order valence-electron chi connectivity index (χ1n) is 6.07. The number of aromatic amines is 1. The molecule has 0 aliphatic heterocycles. The zero-order valence-electron chi connectivity index (χ0n) is 10.6. The number of nitrogens with zero attached hydrogens (tertiary/aromatic N) is 2. The molecule has 3 rings (SSSR count). The van der Waals surface area contributed by atoms with Crippen LogP contribution in [0.2, 0.25) is 0 Å². The van der Waals surface area contributed by atoms with Gasteiger partial charge < -0.3 is 10.3 Å². The number of aromatic nitrogens is 3. The van der Waals surface area contributed by atoms with E-state index in [4.69, 9.17) is 0 Å². The summed E-state index contributed by atoms with van der Waals surface area (Å²) in [6, 6.07) is 9.63. The number of nitrogens with one attached hydrogen (secondary N) is 2. The van der Waals surface area contributed by atoms with Crippen molar-refractivity contribution in [1.82, 2.24) is 20.1 Å². The van der Waals surface area contributed by atoms with Crippen LogP contribution in [0.25, 0.3) is 10.9 Å². The van der Waals surface area contributed by atoms with Gasteiger partial charge in [0.05, 0.1) is 17.8 Å². The second-order valence-electron chi connectivity index (χ2n) is 4.41. The largest absolute Gasteiger partial charge is 0.360 e. The van der Waals surface area contributed by atoms with Gasteiger partial charge in [0.2, 0.25) is 0 Å². The summed E-state index contributed by atoms with van der Waals surface area (Å²) in [6.45, 7) is 0.430. The molecule has 0 atom stereocenters. The highest BCUT2D eigenvalue weighted by molar-refractivity contribution is 6.06. The molecule has 0 spiro atoms. The van der Waals surface area contributed by atoms with Gasteiger partial charge in [-0.15, -0.1) is 0 Å². The number of benzene rings is 1. The van der Waals surface area contributed by atoms with Gasteiger partial charge in [-0.2, -0.15) is 5.10 Å². The summed E-state index contributed by atoms with van der Waals surface area (Å²) in [5, 5.41) is 8.02. The van der Waals surface area contributed by atoms with E-state index in [0.717, 1.165) is 16.6 Å². The molecular formula is C14H14N4O. The molecule has 3 aromatic rings. The Balaban J connectivity index is 1.77. The van der Waals surface area contributed by atoms with Crippen LogP contribution in [-0.4, -0.2) is 20.7 Å². The van der Waals surface area contributed by atoms with Gasteiger partial charge in [0.15, 0.2) is 0 Å². The van der Waals surface area contributed by atoms with E-state index in [9.17, 15) is 4.79 Å².